The number of benzene rings is 1. The van der Waals surface area contributed by atoms with E-state index >= 15 is 0 Å². The fraction of sp³-hybridized carbons (Fsp3) is 0.150. The number of aryl methyl sites for hydroxylation is 1. The number of halogens is 1. The van der Waals surface area contributed by atoms with Crippen LogP contribution >= 0.6 is 22.9 Å². The molecular weight excluding hydrogens is 412 g/mol. The number of rotatable bonds is 5. The van der Waals surface area contributed by atoms with E-state index in [0.29, 0.717) is 44.4 Å². The number of nitrogens with zero attached hydrogens (tertiary/aromatic N) is 3. The molecule has 0 saturated heterocycles. The largest absolute Gasteiger partial charge is 0.497 e. The highest BCUT2D eigenvalue weighted by molar-refractivity contribution is 7.14. The summed E-state index contributed by atoms with van der Waals surface area (Å²) in [6.07, 6.45) is 1.72. The Morgan fingerprint density at radius 1 is 1.17 bits per heavy atom. The molecule has 3 heterocycles. The van der Waals surface area contributed by atoms with Gasteiger partial charge in [0.05, 0.1) is 25.6 Å². The van der Waals surface area contributed by atoms with E-state index in [1.165, 1.54) is 11.3 Å². The molecule has 0 saturated carbocycles. The van der Waals surface area contributed by atoms with Gasteiger partial charge in [-0.15, -0.1) is 11.3 Å². The lowest BCUT2D eigenvalue weighted by atomic mass is 10.1. The molecule has 0 aliphatic carbocycles. The Labute approximate surface area is 175 Å². The van der Waals surface area contributed by atoms with Crippen LogP contribution in [0.25, 0.3) is 16.9 Å². The molecule has 0 atom stereocenters. The Balaban J connectivity index is 1.64. The Bertz CT molecular complexity index is 1220. The smallest absolute Gasteiger partial charge is 0.276 e. The average Bonchev–Trinajstić information content (AvgIpc) is 3.30. The Morgan fingerprint density at radius 2 is 2.00 bits per heavy atom. The molecule has 0 fully saturated rings. The van der Waals surface area contributed by atoms with Crippen molar-refractivity contribution in [3.05, 3.63) is 58.3 Å². The van der Waals surface area contributed by atoms with Crippen molar-refractivity contribution in [2.24, 2.45) is 0 Å². The van der Waals surface area contributed by atoms with E-state index in [9.17, 15) is 4.79 Å². The first-order valence-electron chi connectivity index (χ1n) is 8.63. The van der Waals surface area contributed by atoms with Gasteiger partial charge in [0.1, 0.15) is 22.8 Å². The van der Waals surface area contributed by atoms with Crippen LogP contribution in [0.5, 0.6) is 11.5 Å². The first-order chi connectivity index (χ1) is 14.0. The molecule has 0 spiro atoms. The summed E-state index contributed by atoms with van der Waals surface area (Å²) in [5.74, 6) is 1.07. The summed E-state index contributed by atoms with van der Waals surface area (Å²) in [6.45, 7) is 1.78. The lowest BCUT2D eigenvalue weighted by Crippen LogP contribution is -2.15. The average molecular weight is 429 g/mol. The minimum Gasteiger partial charge on any atom is -0.497 e. The van der Waals surface area contributed by atoms with Gasteiger partial charge in [-0.25, -0.2) is 9.97 Å². The van der Waals surface area contributed by atoms with Gasteiger partial charge in [0.15, 0.2) is 5.13 Å². The summed E-state index contributed by atoms with van der Waals surface area (Å²) in [5, 5.41) is 5.74. The van der Waals surface area contributed by atoms with Gasteiger partial charge in [0.2, 0.25) is 0 Å². The van der Waals surface area contributed by atoms with E-state index < -0.39 is 0 Å². The zero-order chi connectivity index (χ0) is 20.5. The van der Waals surface area contributed by atoms with Crippen molar-refractivity contribution >= 4 is 39.6 Å². The van der Waals surface area contributed by atoms with Crippen LogP contribution in [-0.2, 0) is 0 Å². The minimum absolute atomic E-state index is 0.296. The molecule has 9 heteroatoms. The van der Waals surface area contributed by atoms with Crippen molar-refractivity contribution in [1.82, 2.24) is 14.4 Å². The number of aromatic nitrogens is 3. The summed E-state index contributed by atoms with van der Waals surface area (Å²) in [6, 6.07) is 8.90. The number of hydrogen-bond acceptors (Lipinski definition) is 6. The third kappa shape index (κ3) is 3.64. The fourth-order valence-electron chi connectivity index (χ4n) is 3.04. The highest BCUT2D eigenvalue weighted by atomic mass is 35.5. The molecule has 0 radical (unpaired) electrons. The molecular formula is C20H17ClN4O3S. The SMILES string of the molecule is COc1ccc(OC)c(-c2csc(NC(=O)c3c(C)nc4cc(Cl)ccn34)n2)c1. The molecule has 0 unspecified atom stereocenters. The van der Waals surface area contributed by atoms with E-state index in [1.54, 1.807) is 43.9 Å². The quantitative estimate of drug-likeness (QED) is 0.499. The first-order valence-corrected chi connectivity index (χ1v) is 9.89. The zero-order valence-electron chi connectivity index (χ0n) is 15.9. The maximum atomic E-state index is 12.9. The van der Waals surface area contributed by atoms with Crippen LogP contribution in [0.2, 0.25) is 5.02 Å². The topological polar surface area (TPSA) is 77.8 Å². The molecule has 4 rings (SSSR count). The number of hydrogen-bond donors (Lipinski definition) is 1. The number of thiazole rings is 1. The number of imidazole rings is 1. The fourth-order valence-corrected chi connectivity index (χ4v) is 3.90. The van der Waals surface area contributed by atoms with E-state index in [1.807, 2.05) is 23.6 Å². The number of nitrogens with one attached hydrogen (secondary N) is 1. The van der Waals surface area contributed by atoms with Crippen LogP contribution in [0.4, 0.5) is 5.13 Å². The molecule has 3 aromatic heterocycles. The Morgan fingerprint density at radius 3 is 2.76 bits per heavy atom. The lowest BCUT2D eigenvalue weighted by Gasteiger charge is -2.08. The second-order valence-electron chi connectivity index (χ2n) is 6.18. The van der Waals surface area contributed by atoms with E-state index in [-0.39, 0.29) is 5.91 Å². The summed E-state index contributed by atoms with van der Waals surface area (Å²) >= 11 is 7.34. The van der Waals surface area contributed by atoms with Crippen LogP contribution in [0.3, 0.4) is 0 Å². The highest BCUT2D eigenvalue weighted by Crippen LogP contribution is 2.35. The molecule has 4 aromatic rings. The number of carbonyl (C=O) groups excluding carboxylic acids is 1. The molecule has 7 nitrogen and oxygen atoms in total. The van der Waals surface area contributed by atoms with Crippen LogP contribution in [-0.4, -0.2) is 34.5 Å². The van der Waals surface area contributed by atoms with E-state index in [2.05, 4.69) is 15.3 Å². The molecule has 1 N–H and O–H groups in total. The minimum atomic E-state index is -0.296. The summed E-state index contributed by atoms with van der Waals surface area (Å²) < 4.78 is 12.4. The van der Waals surface area contributed by atoms with Crippen molar-refractivity contribution in [3.8, 4) is 22.8 Å². The standard InChI is InChI=1S/C20H17ClN4O3S/c1-11-18(25-7-6-12(21)8-17(25)22-11)19(26)24-20-23-15(10-29-20)14-9-13(27-2)4-5-16(14)28-3/h4-10H,1-3H3,(H,23,24,26). The molecule has 0 aliphatic heterocycles. The maximum absolute atomic E-state index is 12.9. The number of ether oxygens (including phenoxy) is 2. The van der Waals surface area contributed by atoms with E-state index in [4.69, 9.17) is 21.1 Å². The van der Waals surface area contributed by atoms with Crippen LogP contribution in [0.1, 0.15) is 16.2 Å². The second-order valence-corrected chi connectivity index (χ2v) is 7.47. The third-order valence-electron chi connectivity index (χ3n) is 4.38. The van der Waals surface area contributed by atoms with Gasteiger partial charge >= 0.3 is 0 Å². The number of methoxy groups -OCH3 is 2. The maximum Gasteiger partial charge on any atom is 0.276 e. The number of pyridine rings is 1. The Kier molecular flexibility index (Phi) is 5.12. The number of carbonyl (C=O) groups is 1. The normalized spacial score (nSPS) is 10.9. The van der Waals surface area contributed by atoms with Crippen molar-refractivity contribution < 1.29 is 14.3 Å². The van der Waals surface area contributed by atoms with Crippen molar-refractivity contribution in [3.63, 3.8) is 0 Å². The molecule has 148 valence electrons. The number of amides is 1. The molecule has 1 amide bonds. The lowest BCUT2D eigenvalue weighted by molar-refractivity contribution is 0.102. The van der Waals surface area contributed by atoms with Crippen LogP contribution in [0, 0.1) is 6.92 Å². The molecule has 29 heavy (non-hydrogen) atoms. The van der Waals surface area contributed by atoms with Gasteiger partial charge in [-0.3, -0.25) is 14.5 Å². The van der Waals surface area contributed by atoms with E-state index in [0.717, 1.165) is 5.56 Å². The molecule has 0 bridgehead atoms. The highest BCUT2D eigenvalue weighted by Gasteiger charge is 2.19. The van der Waals surface area contributed by atoms with Crippen LogP contribution in [0.15, 0.2) is 41.9 Å². The Hall–Kier alpha value is -3.10. The van der Waals surface area contributed by atoms with Gasteiger partial charge in [-0.05, 0) is 31.2 Å². The summed E-state index contributed by atoms with van der Waals surface area (Å²) in [7, 11) is 3.20. The molecule has 0 aliphatic rings. The van der Waals surface area contributed by atoms with Gasteiger partial charge in [-0.1, -0.05) is 11.6 Å². The predicted molar refractivity (Wildman–Crippen MR) is 114 cm³/mol. The van der Waals surface area contributed by atoms with Gasteiger partial charge in [0.25, 0.3) is 5.91 Å². The summed E-state index contributed by atoms with van der Waals surface area (Å²) in [5.41, 5.74) is 3.12. The molecule has 1 aromatic carbocycles. The zero-order valence-corrected chi connectivity index (χ0v) is 17.5. The summed E-state index contributed by atoms with van der Waals surface area (Å²) in [4.78, 5) is 21.8. The van der Waals surface area contributed by atoms with Gasteiger partial charge in [-0.2, -0.15) is 0 Å². The predicted octanol–water partition coefficient (Wildman–Crippen LogP) is 4.69. The van der Waals surface area contributed by atoms with Crippen molar-refractivity contribution in [2.75, 3.05) is 19.5 Å². The first kappa shape index (κ1) is 19.2. The number of fused-ring (bicyclic) bond motifs is 1. The monoisotopic (exact) mass is 428 g/mol. The second kappa shape index (κ2) is 7.73. The van der Waals surface area contributed by atoms with Crippen molar-refractivity contribution in [2.45, 2.75) is 6.92 Å². The number of anilines is 1. The van der Waals surface area contributed by atoms with Crippen LogP contribution < -0.4 is 14.8 Å². The van der Waals surface area contributed by atoms with Gasteiger partial charge in [0, 0.05) is 28.2 Å². The third-order valence-corrected chi connectivity index (χ3v) is 5.38. The van der Waals surface area contributed by atoms with Gasteiger partial charge < -0.3 is 9.47 Å². The van der Waals surface area contributed by atoms with Crippen molar-refractivity contribution in [1.29, 1.82) is 0 Å².